The summed E-state index contributed by atoms with van der Waals surface area (Å²) in [5, 5.41) is 8.15. The van der Waals surface area contributed by atoms with E-state index in [1.54, 1.807) is 12.1 Å². The van der Waals surface area contributed by atoms with Gasteiger partial charge < -0.3 is 5.32 Å². The third-order valence-electron chi connectivity index (χ3n) is 3.89. The molecular formula is C20H19N3O2S. The van der Waals surface area contributed by atoms with Gasteiger partial charge in [-0.15, -0.1) is 11.3 Å². The lowest BCUT2D eigenvalue weighted by molar-refractivity contribution is -0.119. The third kappa shape index (κ3) is 4.34. The molecule has 2 N–H and O–H groups in total. The number of benzene rings is 2. The van der Waals surface area contributed by atoms with Crippen molar-refractivity contribution in [3.8, 4) is 11.3 Å². The zero-order valence-corrected chi connectivity index (χ0v) is 15.3. The minimum Gasteiger partial charge on any atom is -0.350 e. The van der Waals surface area contributed by atoms with Gasteiger partial charge in [0.1, 0.15) is 0 Å². The number of nitrogens with zero attached hydrogens (tertiary/aromatic N) is 1. The van der Waals surface area contributed by atoms with Crippen molar-refractivity contribution in [3.05, 3.63) is 71.1 Å². The largest absolute Gasteiger partial charge is 0.350 e. The standard InChI is InChI=1S/C20H19N3O2S/c1-13(21-14(2)24)15-8-10-16(11-9-15)18-12-26-20(22-18)23-19(25)17-6-4-3-5-7-17/h3-13H,1-2H3,(H,21,24)(H,22,23,25)/t13-/m1/s1. The van der Waals surface area contributed by atoms with Crippen molar-refractivity contribution in [3.63, 3.8) is 0 Å². The third-order valence-corrected chi connectivity index (χ3v) is 4.64. The molecule has 6 heteroatoms. The van der Waals surface area contributed by atoms with E-state index in [4.69, 9.17) is 0 Å². The Hall–Kier alpha value is -2.99. The molecule has 0 aliphatic rings. The Morgan fingerprint density at radius 3 is 2.38 bits per heavy atom. The summed E-state index contributed by atoms with van der Waals surface area (Å²) in [6, 6.07) is 16.9. The zero-order valence-electron chi connectivity index (χ0n) is 14.5. The molecule has 2 aromatic carbocycles. The first-order chi connectivity index (χ1) is 12.5. The van der Waals surface area contributed by atoms with Gasteiger partial charge >= 0.3 is 0 Å². The van der Waals surface area contributed by atoms with Gasteiger partial charge in [0.05, 0.1) is 11.7 Å². The molecule has 0 saturated carbocycles. The lowest BCUT2D eigenvalue weighted by Crippen LogP contribution is -2.23. The number of carbonyl (C=O) groups is 2. The summed E-state index contributed by atoms with van der Waals surface area (Å²) in [5.74, 6) is -0.231. The summed E-state index contributed by atoms with van der Waals surface area (Å²) in [6.45, 7) is 3.45. The fraction of sp³-hybridized carbons (Fsp3) is 0.150. The van der Waals surface area contributed by atoms with Crippen LogP contribution in [0.1, 0.15) is 35.8 Å². The summed E-state index contributed by atoms with van der Waals surface area (Å²) in [5.41, 5.74) is 3.38. The van der Waals surface area contributed by atoms with Gasteiger partial charge in [-0.05, 0) is 24.6 Å². The van der Waals surface area contributed by atoms with Crippen LogP contribution in [-0.2, 0) is 4.79 Å². The molecule has 0 radical (unpaired) electrons. The van der Waals surface area contributed by atoms with Crippen LogP contribution in [0.4, 0.5) is 5.13 Å². The van der Waals surface area contributed by atoms with Crippen LogP contribution in [0.25, 0.3) is 11.3 Å². The lowest BCUT2D eigenvalue weighted by Gasteiger charge is -2.13. The molecule has 0 fully saturated rings. The van der Waals surface area contributed by atoms with Crippen LogP contribution in [0, 0.1) is 0 Å². The topological polar surface area (TPSA) is 71.1 Å². The second-order valence-electron chi connectivity index (χ2n) is 5.90. The highest BCUT2D eigenvalue weighted by Crippen LogP contribution is 2.26. The van der Waals surface area contributed by atoms with Crippen molar-refractivity contribution >= 4 is 28.3 Å². The summed E-state index contributed by atoms with van der Waals surface area (Å²) in [4.78, 5) is 27.8. The summed E-state index contributed by atoms with van der Waals surface area (Å²) >= 11 is 1.39. The van der Waals surface area contributed by atoms with Crippen LogP contribution >= 0.6 is 11.3 Å². The predicted molar refractivity (Wildman–Crippen MR) is 104 cm³/mol. The number of anilines is 1. The molecule has 3 aromatic rings. The number of aromatic nitrogens is 1. The highest BCUT2D eigenvalue weighted by Gasteiger charge is 2.11. The number of thiazole rings is 1. The normalized spacial score (nSPS) is 11.6. The molecule has 0 spiro atoms. The summed E-state index contributed by atoms with van der Waals surface area (Å²) in [6.07, 6.45) is 0. The SMILES string of the molecule is CC(=O)N[C@H](C)c1ccc(-c2csc(NC(=O)c3ccccc3)n2)cc1. The average Bonchev–Trinajstić information content (AvgIpc) is 3.10. The molecule has 26 heavy (non-hydrogen) atoms. The molecule has 0 bridgehead atoms. The van der Waals surface area contributed by atoms with Crippen molar-refractivity contribution < 1.29 is 9.59 Å². The second-order valence-corrected chi connectivity index (χ2v) is 6.76. The molecule has 2 amide bonds. The van der Waals surface area contributed by atoms with Gasteiger partial charge in [-0.3, -0.25) is 14.9 Å². The van der Waals surface area contributed by atoms with E-state index in [2.05, 4.69) is 15.6 Å². The van der Waals surface area contributed by atoms with Gasteiger partial charge in [-0.25, -0.2) is 4.98 Å². The minimum absolute atomic E-state index is 0.0438. The Bertz CT molecular complexity index is 904. The summed E-state index contributed by atoms with van der Waals surface area (Å²) in [7, 11) is 0. The van der Waals surface area contributed by atoms with Gasteiger partial charge in [0.15, 0.2) is 5.13 Å². The maximum absolute atomic E-state index is 12.2. The molecule has 132 valence electrons. The van der Waals surface area contributed by atoms with E-state index in [-0.39, 0.29) is 17.9 Å². The maximum Gasteiger partial charge on any atom is 0.257 e. The van der Waals surface area contributed by atoms with Gasteiger partial charge in [0.2, 0.25) is 5.91 Å². The number of carbonyl (C=O) groups excluding carboxylic acids is 2. The van der Waals surface area contributed by atoms with Crippen molar-refractivity contribution in [2.24, 2.45) is 0 Å². The van der Waals surface area contributed by atoms with Crippen LogP contribution in [0.2, 0.25) is 0 Å². The Balaban J connectivity index is 1.69. The molecule has 0 aliphatic heterocycles. The van der Waals surface area contributed by atoms with E-state index < -0.39 is 0 Å². The van der Waals surface area contributed by atoms with Gasteiger partial charge in [0.25, 0.3) is 5.91 Å². The monoisotopic (exact) mass is 365 g/mol. The van der Waals surface area contributed by atoms with Crippen LogP contribution in [0.3, 0.4) is 0 Å². The highest BCUT2D eigenvalue weighted by molar-refractivity contribution is 7.14. The smallest absolute Gasteiger partial charge is 0.257 e. The fourth-order valence-corrected chi connectivity index (χ4v) is 3.27. The first-order valence-corrected chi connectivity index (χ1v) is 9.10. The van der Waals surface area contributed by atoms with Crippen molar-refractivity contribution in [1.29, 1.82) is 0 Å². The summed E-state index contributed by atoms with van der Waals surface area (Å²) < 4.78 is 0. The van der Waals surface area contributed by atoms with Crippen LogP contribution in [0.15, 0.2) is 60.0 Å². The Kier molecular flexibility index (Phi) is 5.43. The fourth-order valence-electron chi connectivity index (χ4n) is 2.55. The molecule has 5 nitrogen and oxygen atoms in total. The number of hydrogen-bond acceptors (Lipinski definition) is 4. The maximum atomic E-state index is 12.2. The van der Waals surface area contributed by atoms with Crippen molar-refractivity contribution in [1.82, 2.24) is 10.3 Å². The first-order valence-electron chi connectivity index (χ1n) is 8.22. The molecule has 0 unspecified atom stereocenters. The average molecular weight is 365 g/mol. The van der Waals surface area contributed by atoms with E-state index in [0.717, 1.165) is 16.8 Å². The molecule has 1 aromatic heterocycles. The zero-order chi connectivity index (χ0) is 18.5. The molecule has 0 aliphatic carbocycles. The van der Waals surface area contributed by atoms with Crippen LogP contribution < -0.4 is 10.6 Å². The molecular weight excluding hydrogens is 346 g/mol. The lowest BCUT2D eigenvalue weighted by atomic mass is 10.1. The Morgan fingerprint density at radius 1 is 1.04 bits per heavy atom. The first kappa shape index (κ1) is 17.8. The highest BCUT2D eigenvalue weighted by atomic mass is 32.1. The number of nitrogens with one attached hydrogen (secondary N) is 2. The predicted octanol–water partition coefficient (Wildman–Crippen LogP) is 4.26. The minimum atomic E-state index is -0.175. The molecule has 1 atom stereocenters. The van der Waals surface area contributed by atoms with E-state index in [1.165, 1.54) is 18.3 Å². The van der Waals surface area contributed by atoms with Gasteiger partial charge in [0, 0.05) is 23.4 Å². The molecule has 0 saturated heterocycles. The van der Waals surface area contributed by atoms with E-state index in [9.17, 15) is 9.59 Å². The van der Waals surface area contributed by atoms with Crippen molar-refractivity contribution in [2.75, 3.05) is 5.32 Å². The van der Waals surface area contributed by atoms with Gasteiger partial charge in [-0.1, -0.05) is 42.5 Å². The van der Waals surface area contributed by atoms with E-state index >= 15 is 0 Å². The number of amides is 2. The van der Waals surface area contributed by atoms with Gasteiger partial charge in [-0.2, -0.15) is 0 Å². The van der Waals surface area contributed by atoms with E-state index in [0.29, 0.717) is 10.7 Å². The Morgan fingerprint density at radius 2 is 1.73 bits per heavy atom. The molecule has 3 rings (SSSR count). The van der Waals surface area contributed by atoms with Crippen LogP contribution in [-0.4, -0.2) is 16.8 Å². The molecule has 1 heterocycles. The second kappa shape index (κ2) is 7.93. The van der Waals surface area contributed by atoms with Crippen molar-refractivity contribution in [2.45, 2.75) is 19.9 Å². The number of rotatable bonds is 5. The van der Waals surface area contributed by atoms with E-state index in [1.807, 2.05) is 54.8 Å². The Labute approximate surface area is 156 Å². The quantitative estimate of drug-likeness (QED) is 0.710. The number of hydrogen-bond donors (Lipinski definition) is 2. The van der Waals surface area contributed by atoms with Crippen LogP contribution in [0.5, 0.6) is 0 Å².